The molecule has 1 aliphatic heterocycles. The number of rotatable bonds is 5. The molecule has 1 atom stereocenters. The van der Waals surface area contributed by atoms with Crippen LogP contribution in [0.1, 0.15) is 5.56 Å². The molecule has 0 aromatic heterocycles. The summed E-state index contributed by atoms with van der Waals surface area (Å²) in [6, 6.07) is 11.3. The molecule has 100 valence electrons. The highest BCUT2D eigenvalue weighted by Gasteiger charge is 2.17. The molecule has 1 unspecified atom stereocenters. The molecule has 1 heterocycles. The van der Waals surface area contributed by atoms with Crippen LogP contribution in [0, 0.1) is 0 Å². The van der Waals surface area contributed by atoms with Crippen LogP contribution in [0.5, 0.6) is 0 Å². The monoisotopic (exact) mass is 247 g/mol. The van der Waals surface area contributed by atoms with Gasteiger partial charge in [0.25, 0.3) is 0 Å². The third-order valence-corrected chi connectivity index (χ3v) is 3.62. The van der Waals surface area contributed by atoms with Crippen LogP contribution < -0.4 is 5.32 Å². The van der Waals surface area contributed by atoms with Gasteiger partial charge in [0.1, 0.15) is 0 Å². The van der Waals surface area contributed by atoms with Crippen LogP contribution in [0.3, 0.4) is 0 Å². The molecule has 0 amide bonds. The summed E-state index contributed by atoms with van der Waals surface area (Å²) < 4.78 is 0. The van der Waals surface area contributed by atoms with E-state index in [4.69, 9.17) is 0 Å². The number of benzene rings is 1. The third-order valence-electron chi connectivity index (χ3n) is 3.62. The molecular weight excluding hydrogens is 222 g/mol. The van der Waals surface area contributed by atoms with E-state index in [0.717, 1.165) is 32.6 Å². The van der Waals surface area contributed by atoms with Crippen LogP contribution in [-0.2, 0) is 6.42 Å². The van der Waals surface area contributed by atoms with Crippen molar-refractivity contribution >= 4 is 0 Å². The SMILES string of the molecule is CN1CCNC(CN(C)CCc2ccccc2)C1. The highest BCUT2D eigenvalue weighted by molar-refractivity contribution is 5.14. The molecule has 1 N–H and O–H groups in total. The normalized spacial score (nSPS) is 21.4. The van der Waals surface area contributed by atoms with Gasteiger partial charge in [-0.15, -0.1) is 0 Å². The zero-order valence-corrected chi connectivity index (χ0v) is 11.6. The Balaban J connectivity index is 1.70. The smallest absolute Gasteiger partial charge is 0.0322 e. The molecule has 0 radical (unpaired) electrons. The van der Waals surface area contributed by atoms with Gasteiger partial charge in [-0.25, -0.2) is 0 Å². The van der Waals surface area contributed by atoms with Crippen molar-refractivity contribution in [3.05, 3.63) is 35.9 Å². The zero-order valence-electron chi connectivity index (χ0n) is 11.6. The molecule has 0 spiro atoms. The van der Waals surface area contributed by atoms with E-state index >= 15 is 0 Å². The molecule has 18 heavy (non-hydrogen) atoms. The van der Waals surface area contributed by atoms with Gasteiger partial charge in [0, 0.05) is 38.8 Å². The van der Waals surface area contributed by atoms with Crippen molar-refractivity contribution in [1.82, 2.24) is 15.1 Å². The Labute approximate surface area is 111 Å². The Kier molecular flexibility index (Phi) is 5.17. The minimum absolute atomic E-state index is 0.615. The molecule has 1 aromatic carbocycles. The predicted octanol–water partition coefficient (Wildman–Crippen LogP) is 1.06. The summed E-state index contributed by atoms with van der Waals surface area (Å²) in [5.74, 6) is 0. The van der Waals surface area contributed by atoms with Crippen LogP contribution in [0.25, 0.3) is 0 Å². The van der Waals surface area contributed by atoms with E-state index in [1.54, 1.807) is 0 Å². The molecular formula is C15H25N3. The second-order valence-electron chi connectivity index (χ2n) is 5.41. The van der Waals surface area contributed by atoms with Crippen molar-refractivity contribution in [3.8, 4) is 0 Å². The number of nitrogens with zero attached hydrogens (tertiary/aromatic N) is 2. The predicted molar refractivity (Wildman–Crippen MR) is 76.9 cm³/mol. The molecule has 1 aromatic rings. The first-order chi connectivity index (χ1) is 8.74. The van der Waals surface area contributed by atoms with Crippen LogP contribution in [0.4, 0.5) is 0 Å². The van der Waals surface area contributed by atoms with Crippen LogP contribution in [-0.4, -0.2) is 62.7 Å². The zero-order chi connectivity index (χ0) is 12.8. The summed E-state index contributed by atoms with van der Waals surface area (Å²) in [5, 5.41) is 3.60. The fourth-order valence-corrected chi connectivity index (χ4v) is 2.55. The Morgan fingerprint density at radius 2 is 2.11 bits per heavy atom. The summed E-state index contributed by atoms with van der Waals surface area (Å²) in [5.41, 5.74) is 1.43. The molecule has 0 bridgehead atoms. The summed E-state index contributed by atoms with van der Waals surface area (Å²) in [7, 11) is 4.43. The lowest BCUT2D eigenvalue weighted by atomic mass is 10.1. The first-order valence-electron chi connectivity index (χ1n) is 6.88. The number of likely N-dealkylation sites (N-methyl/N-ethyl adjacent to an activating group) is 2. The lowest BCUT2D eigenvalue weighted by molar-refractivity contribution is 0.196. The quantitative estimate of drug-likeness (QED) is 0.839. The average Bonchev–Trinajstić information content (AvgIpc) is 2.38. The molecule has 2 rings (SSSR count). The Hall–Kier alpha value is -0.900. The standard InChI is InChI=1S/C15H25N3/c1-17(10-8-14-6-4-3-5-7-14)12-15-13-18(2)11-9-16-15/h3-7,15-16H,8-13H2,1-2H3. The first-order valence-corrected chi connectivity index (χ1v) is 6.88. The highest BCUT2D eigenvalue weighted by atomic mass is 15.2. The van der Waals surface area contributed by atoms with Crippen LogP contribution in [0.15, 0.2) is 30.3 Å². The maximum absolute atomic E-state index is 3.60. The topological polar surface area (TPSA) is 18.5 Å². The highest BCUT2D eigenvalue weighted by Crippen LogP contribution is 2.02. The lowest BCUT2D eigenvalue weighted by Crippen LogP contribution is -2.53. The van der Waals surface area contributed by atoms with Gasteiger partial charge >= 0.3 is 0 Å². The summed E-state index contributed by atoms with van der Waals surface area (Å²) >= 11 is 0. The Bertz CT molecular complexity index is 339. The average molecular weight is 247 g/mol. The number of hydrogen-bond acceptors (Lipinski definition) is 3. The second-order valence-corrected chi connectivity index (χ2v) is 5.41. The van der Waals surface area contributed by atoms with Crippen molar-refractivity contribution in [2.45, 2.75) is 12.5 Å². The summed E-state index contributed by atoms with van der Waals surface area (Å²) in [4.78, 5) is 4.84. The largest absolute Gasteiger partial charge is 0.310 e. The number of nitrogens with one attached hydrogen (secondary N) is 1. The second kappa shape index (κ2) is 6.88. The fraction of sp³-hybridized carbons (Fsp3) is 0.600. The number of hydrogen-bond donors (Lipinski definition) is 1. The maximum Gasteiger partial charge on any atom is 0.0322 e. The van der Waals surface area contributed by atoms with Crippen LogP contribution in [0.2, 0.25) is 0 Å². The van der Waals surface area contributed by atoms with Crippen molar-refractivity contribution in [2.75, 3.05) is 46.8 Å². The summed E-state index contributed by atoms with van der Waals surface area (Å²) in [6.07, 6.45) is 1.14. The van der Waals surface area contributed by atoms with Crippen molar-refractivity contribution in [2.24, 2.45) is 0 Å². The minimum atomic E-state index is 0.615. The minimum Gasteiger partial charge on any atom is -0.310 e. The van der Waals surface area contributed by atoms with E-state index in [1.165, 1.54) is 12.1 Å². The van der Waals surface area contributed by atoms with E-state index in [-0.39, 0.29) is 0 Å². The van der Waals surface area contributed by atoms with E-state index < -0.39 is 0 Å². The molecule has 3 heteroatoms. The van der Waals surface area contributed by atoms with Crippen LogP contribution >= 0.6 is 0 Å². The molecule has 0 aliphatic carbocycles. The van der Waals surface area contributed by atoms with Gasteiger partial charge in [-0.1, -0.05) is 30.3 Å². The van der Waals surface area contributed by atoms with Crippen molar-refractivity contribution in [1.29, 1.82) is 0 Å². The van der Waals surface area contributed by atoms with Gasteiger partial charge in [-0.05, 0) is 26.1 Å². The molecule has 1 aliphatic rings. The molecule has 1 saturated heterocycles. The molecule has 3 nitrogen and oxygen atoms in total. The Morgan fingerprint density at radius 1 is 1.33 bits per heavy atom. The van der Waals surface area contributed by atoms with E-state index in [0.29, 0.717) is 6.04 Å². The molecule has 0 saturated carbocycles. The van der Waals surface area contributed by atoms with E-state index in [9.17, 15) is 0 Å². The van der Waals surface area contributed by atoms with E-state index in [2.05, 4.69) is 59.5 Å². The van der Waals surface area contributed by atoms with Gasteiger partial charge < -0.3 is 15.1 Å². The first kappa shape index (κ1) is 13.5. The third kappa shape index (κ3) is 4.41. The Morgan fingerprint density at radius 3 is 2.83 bits per heavy atom. The van der Waals surface area contributed by atoms with Gasteiger partial charge in [-0.2, -0.15) is 0 Å². The molecule has 1 fully saturated rings. The van der Waals surface area contributed by atoms with Gasteiger partial charge in [0.15, 0.2) is 0 Å². The van der Waals surface area contributed by atoms with Crippen molar-refractivity contribution in [3.63, 3.8) is 0 Å². The van der Waals surface area contributed by atoms with Gasteiger partial charge in [0.2, 0.25) is 0 Å². The lowest BCUT2D eigenvalue weighted by Gasteiger charge is -2.33. The number of piperazine rings is 1. The van der Waals surface area contributed by atoms with Crippen molar-refractivity contribution < 1.29 is 0 Å². The van der Waals surface area contributed by atoms with E-state index in [1.807, 2.05) is 0 Å². The van der Waals surface area contributed by atoms with Gasteiger partial charge in [-0.3, -0.25) is 0 Å². The summed E-state index contributed by atoms with van der Waals surface area (Å²) in [6.45, 7) is 5.72. The van der Waals surface area contributed by atoms with Gasteiger partial charge in [0.05, 0.1) is 0 Å². The maximum atomic E-state index is 3.60. The fourth-order valence-electron chi connectivity index (χ4n) is 2.55.